The molecule has 2 N–H and O–H groups in total. The Bertz CT molecular complexity index is 700. The van der Waals surface area contributed by atoms with Crippen LogP contribution in [-0.4, -0.2) is 12.1 Å². The SMILES string of the molecule is Cc1cccc(OC(=O)c2ccc(Cl)cc2OC(N)=O)c1. The van der Waals surface area contributed by atoms with Gasteiger partial charge in [-0.1, -0.05) is 23.7 Å². The van der Waals surface area contributed by atoms with Crippen LogP contribution in [-0.2, 0) is 0 Å². The van der Waals surface area contributed by atoms with E-state index >= 15 is 0 Å². The second kappa shape index (κ2) is 6.28. The van der Waals surface area contributed by atoms with Gasteiger partial charge in [0.25, 0.3) is 0 Å². The largest absolute Gasteiger partial charge is 0.423 e. The van der Waals surface area contributed by atoms with Gasteiger partial charge in [0.05, 0.1) is 0 Å². The highest BCUT2D eigenvalue weighted by atomic mass is 35.5. The standard InChI is InChI=1S/C15H12ClNO4/c1-9-3-2-4-11(7-9)20-14(18)12-6-5-10(16)8-13(12)21-15(17)19/h2-8H,1H3,(H2,17,19). The molecule has 0 aliphatic heterocycles. The number of rotatable bonds is 3. The van der Waals surface area contributed by atoms with E-state index in [-0.39, 0.29) is 11.3 Å². The second-order valence-electron chi connectivity index (χ2n) is 4.27. The Morgan fingerprint density at radius 2 is 1.86 bits per heavy atom. The smallest absolute Gasteiger partial charge is 0.409 e. The lowest BCUT2D eigenvalue weighted by Gasteiger charge is -2.09. The molecular weight excluding hydrogens is 294 g/mol. The predicted molar refractivity (Wildman–Crippen MR) is 77.8 cm³/mol. The van der Waals surface area contributed by atoms with Crippen molar-refractivity contribution >= 4 is 23.7 Å². The van der Waals surface area contributed by atoms with Crippen molar-refractivity contribution in [3.63, 3.8) is 0 Å². The molecule has 21 heavy (non-hydrogen) atoms. The zero-order valence-electron chi connectivity index (χ0n) is 11.1. The first-order valence-corrected chi connectivity index (χ1v) is 6.39. The Labute approximate surface area is 126 Å². The molecule has 0 saturated heterocycles. The van der Waals surface area contributed by atoms with E-state index in [2.05, 4.69) is 0 Å². The molecule has 0 heterocycles. The van der Waals surface area contributed by atoms with Crippen LogP contribution in [0, 0.1) is 6.92 Å². The molecule has 1 amide bonds. The van der Waals surface area contributed by atoms with Gasteiger partial charge in [0.15, 0.2) is 0 Å². The number of hydrogen-bond acceptors (Lipinski definition) is 4. The Morgan fingerprint density at radius 1 is 1.10 bits per heavy atom. The van der Waals surface area contributed by atoms with Crippen molar-refractivity contribution < 1.29 is 19.1 Å². The molecule has 6 heteroatoms. The Morgan fingerprint density at radius 3 is 2.52 bits per heavy atom. The molecule has 0 aliphatic carbocycles. The fourth-order valence-electron chi connectivity index (χ4n) is 1.70. The molecule has 5 nitrogen and oxygen atoms in total. The lowest BCUT2D eigenvalue weighted by Crippen LogP contribution is -2.19. The van der Waals surface area contributed by atoms with Gasteiger partial charge in [-0.25, -0.2) is 9.59 Å². The number of primary amides is 1. The first kappa shape index (κ1) is 14.9. The highest BCUT2D eigenvalue weighted by Crippen LogP contribution is 2.25. The maximum absolute atomic E-state index is 12.1. The topological polar surface area (TPSA) is 78.6 Å². The van der Waals surface area contributed by atoms with E-state index in [0.29, 0.717) is 10.8 Å². The zero-order valence-corrected chi connectivity index (χ0v) is 11.9. The van der Waals surface area contributed by atoms with Crippen LogP contribution >= 0.6 is 11.6 Å². The highest BCUT2D eigenvalue weighted by Gasteiger charge is 2.17. The lowest BCUT2D eigenvalue weighted by atomic mass is 10.2. The van der Waals surface area contributed by atoms with E-state index in [9.17, 15) is 9.59 Å². The fourth-order valence-corrected chi connectivity index (χ4v) is 1.86. The minimum absolute atomic E-state index is 0.0485. The monoisotopic (exact) mass is 305 g/mol. The van der Waals surface area contributed by atoms with Crippen LogP contribution < -0.4 is 15.2 Å². The number of amides is 1. The van der Waals surface area contributed by atoms with Gasteiger partial charge in [-0.3, -0.25) is 0 Å². The summed E-state index contributed by atoms with van der Waals surface area (Å²) in [5.74, 6) is -0.332. The van der Waals surface area contributed by atoms with Crippen LogP contribution in [0.2, 0.25) is 5.02 Å². The first-order valence-electron chi connectivity index (χ1n) is 6.01. The van der Waals surface area contributed by atoms with Crippen molar-refractivity contribution in [2.24, 2.45) is 5.73 Å². The molecule has 2 rings (SSSR count). The van der Waals surface area contributed by atoms with Gasteiger partial charge in [0, 0.05) is 11.1 Å². The lowest BCUT2D eigenvalue weighted by molar-refractivity contribution is 0.0732. The van der Waals surface area contributed by atoms with Gasteiger partial charge in [-0.05, 0) is 36.8 Å². The summed E-state index contributed by atoms with van der Waals surface area (Å²) >= 11 is 5.80. The number of carbonyl (C=O) groups is 2. The number of carbonyl (C=O) groups excluding carboxylic acids is 2. The van der Waals surface area contributed by atoms with E-state index in [1.54, 1.807) is 18.2 Å². The summed E-state index contributed by atoms with van der Waals surface area (Å²) < 4.78 is 9.99. The number of hydrogen-bond donors (Lipinski definition) is 1. The van der Waals surface area contributed by atoms with E-state index in [1.165, 1.54) is 18.2 Å². The summed E-state index contributed by atoms with van der Waals surface area (Å²) in [4.78, 5) is 23.0. The quantitative estimate of drug-likeness (QED) is 0.697. The fraction of sp³-hybridized carbons (Fsp3) is 0.0667. The molecule has 0 atom stereocenters. The molecule has 0 bridgehead atoms. The third kappa shape index (κ3) is 3.97. The molecule has 0 aliphatic rings. The molecular formula is C15H12ClNO4. The van der Waals surface area contributed by atoms with E-state index in [1.807, 2.05) is 13.0 Å². The Kier molecular flexibility index (Phi) is 4.45. The van der Waals surface area contributed by atoms with Gasteiger partial charge in [0.2, 0.25) is 0 Å². The molecule has 2 aromatic carbocycles. The van der Waals surface area contributed by atoms with Crippen molar-refractivity contribution in [2.75, 3.05) is 0 Å². The molecule has 0 spiro atoms. The van der Waals surface area contributed by atoms with Crippen molar-refractivity contribution in [3.8, 4) is 11.5 Å². The van der Waals surface area contributed by atoms with E-state index in [0.717, 1.165) is 5.56 Å². The van der Waals surface area contributed by atoms with Crippen LogP contribution in [0.15, 0.2) is 42.5 Å². The number of aryl methyl sites for hydroxylation is 1. The van der Waals surface area contributed by atoms with Crippen molar-refractivity contribution in [3.05, 3.63) is 58.6 Å². The van der Waals surface area contributed by atoms with Crippen LogP contribution in [0.4, 0.5) is 4.79 Å². The maximum Gasteiger partial charge on any atom is 0.409 e. The summed E-state index contributed by atoms with van der Waals surface area (Å²) in [6, 6.07) is 11.2. The summed E-state index contributed by atoms with van der Waals surface area (Å²) in [6.07, 6.45) is -1.04. The van der Waals surface area contributed by atoms with Gasteiger partial charge in [-0.2, -0.15) is 0 Å². The van der Waals surface area contributed by atoms with Gasteiger partial charge < -0.3 is 15.2 Å². The number of benzene rings is 2. The molecule has 0 saturated carbocycles. The first-order chi connectivity index (χ1) is 9.95. The molecule has 0 unspecified atom stereocenters. The summed E-state index contributed by atoms with van der Waals surface area (Å²) in [5.41, 5.74) is 5.96. The number of ether oxygens (including phenoxy) is 2. The maximum atomic E-state index is 12.1. The Hall–Kier alpha value is -2.53. The van der Waals surface area contributed by atoms with Gasteiger partial charge in [-0.15, -0.1) is 0 Å². The molecule has 2 aromatic rings. The molecule has 0 radical (unpaired) electrons. The van der Waals surface area contributed by atoms with Gasteiger partial charge >= 0.3 is 12.1 Å². The average Bonchev–Trinajstić information content (AvgIpc) is 2.37. The van der Waals surface area contributed by atoms with Crippen molar-refractivity contribution in [1.29, 1.82) is 0 Å². The van der Waals surface area contributed by atoms with E-state index < -0.39 is 12.1 Å². The van der Waals surface area contributed by atoms with Gasteiger partial charge in [0.1, 0.15) is 17.1 Å². The van der Waals surface area contributed by atoms with Crippen LogP contribution in [0.5, 0.6) is 11.5 Å². The third-order valence-corrected chi connectivity index (χ3v) is 2.81. The average molecular weight is 306 g/mol. The number of halogens is 1. The van der Waals surface area contributed by atoms with Crippen LogP contribution in [0.1, 0.15) is 15.9 Å². The normalized spacial score (nSPS) is 10.0. The van der Waals surface area contributed by atoms with Crippen molar-refractivity contribution in [2.45, 2.75) is 6.92 Å². The summed E-state index contributed by atoms with van der Waals surface area (Å²) in [5, 5.41) is 0.304. The third-order valence-electron chi connectivity index (χ3n) is 2.57. The summed E-state index contributed by atoms with van der Waals surface area (Å²) in [6.45, 7) is 1.88. The minimum atomic E-state index is -1.04. The number of esters is 1. The van der Waals surface area contributed by atoms with Crippen LogP contribution in [0.25, 0.3) is 0 Å². The predicted octanol–water partition coefficient (Wildman–Crippen LogP) is 3.33. The highest BCUT2D eigenvalue weighted by molar-refractivity contribution is 6.30. The Balaban J connectivity index is 2.28. The molecule has 0 aromatic heterocycles. The second-order valence-corrected chi connectivity index (χ2v) is 4.70. The van der Waals surface area contributed by atoms with E-state index in [4.69, 9.17) is 26.8 Å². The number of nitrogens with two attached hydrogens (primary N) is 1. The minimum Gasteiger partial charge on any atom is -0.423 e. The zero-order chi connectivity index (χ0) is 15.4. The van der Waals surface area contributed by atoms with Crippen molar-refractivity contribution in [1.82, 2.24) is 0 Å². The molecule has 0 fully saturated rings. The summed E-state index contributed by atoms with van der Waals surface area (Å²) in [7, 11) is 0. The molecule has 108 valence electrons. The van der Waals surface area contributed by atoms with Crippen LogP contribution in [0.3, 0.4) is 0 Å².